The van der Waals surface area contributed by atoms with Crippen molar-refractivity contribution >= 4 is 0 Å². The van der Waals surface area contributed by atoms with E-state index < -0.39 is 0 Å². The predicted molar refractivity (Wildman–Crippen MR) is 45.7 cm³/mol. The summed E-state index contributed by atoms with van der Waals surface area (Å²) < 4.78 is 2.02. The second-order valence-corrected chi connectivity index (χ2v) is 3.43. The molecule has 2 atom stereocenters. The van der Waals surface area contributed by atoms with E-state index in [0.29, 0.717) is 0 Å². The zero-order valence-corrected chi connectivity index (χ0v) is 7.06. The number of aliphatic hydroxyl groups is 1. The molecule has 0 unspecified atom stereocenters. The van der Waals surface area contributed by atoms with Crippen LogP contribution in [0.1, 0.15) is 31.7 Å². The first kappa shape index (κ1) is 7.80. The van der Waals surface area contributed by atoms with E-state index in [9.17, 15) is 5.11 Å². The van der Waals surface area contributed by atoms with Gasteiger partial charge in [0.05, 0.1) is 18.5 Å². The lowest BCUT2D eigenvalue weighted by Gasteiger charge is -2.28. The van der Waals surface area contributed by atoms with Gasteiger partial charge in [0.1, 0.15) is 0 Å². The molecule has 2 rings (SSSR count). The standard InChI is InChI=1S/C9H14N2O/c12-9-4-2-1-3-8(9)11-6-5-10-7-11/h5-9,12H,1-4H2/t8-,9+/m0/s1. The number of hydrogen-bond donors (Lipinski definition) is 1. The van der Waals surface area contributed by atoms with E-state index in [4.69, 9.17) is 0 Å². The lowest BCUT2D eigenvalue weighted by Crippen LogP contribution is -2.26. The molecule has 0 aliphatic heterocycles. The van der Waals surface area contributed by atoms with Crippen LogP contribution in [0.4, 0.5) is 0 Å². The third-order valence-corrected chi connectivity index (χ3v) is 2.60. The third kappa shape index (κ3) is 1.37. The molecule has 0 amide bonds. The van der Waals surface area contributed by atoms with Crippen molar-refractivity contribution in [2.45, 2.75) is 37.8 Å². The Morgan fingerprint density at radius 3 is 2.83 bits per heavy atom. The molecule has 0 radical (unpaired) electrons. The molecular weight excluding hydrogens is 152 g/mol. The van der Waals surface area contributed by atoms with Crippen LogP contribution in [0.2, 0.25) is 0 Å². The van der Waals surface area contributed by atoms with Crippen molar-refractivity contribution in [3.05, 3.63) is 18.7 Å². The number of aliphatic hydroxyl groups excluding tert-OH is 1. The van der Waals surface area contributed by atoms with Gasteiger partial charge in [0.2, 0.25) is 0 Å². The smallest absolute Gasteiger partial charge is 0.0949 e. The lowest BCUT2D eigenvalue weighted by molar-refractivity contribution is 0.0754. The van der Waals surface area contributed by atoms with Gasteiger partial charge >= 0.3 is 0 Å². The molecule has 0 bridgehead atoms. The van der Waals surface area contributed by atoms with Crippen LogP contribution in [0.5, 0.6) is 0 Å². The van der Waals surface area contributed by atoms with Gasteiger partial charge in [-0.2, -0.15) is 0 Å². The Labute approximate surface area is 72.0 Å². The van der Waals surface area contributed by atoms with Gasteiger partial charge in [0, 0.05) is 12.4 Å². The Morgan fingerprint density at radius 2 is 2.17 bits per heavy atom. The number of nitrogens with zero attached hydrogens (tertiary/aromatic N) is 2. The maximum absolute atomic E-state index is 9.69. The molecule has 0 saturated heterocycles. The molecule has 66 valence electrons. The van der Waals surface area contributed by atoms with Crippen molar-refractivity contribution in [1.82, 2.24) is 9.55 Å². The topological polar surface area (TPSA) is 38.0 Å². The van der Waals surface area contributed by atoms with Crippen LogP contribution in [0, 0.1) is 0 Å². The second kappa shape index (κ2) is 3.27. The minimum Gasteiger partial charge on any atom is -0.391 e. The summed E-state index contributed by atoms with van der Waals surface area (Å²) in [4.78, 5) is 3.98. The lowest BCUT2D eigenvalue weighted by atomic mass is 9.92. The average Bonchev–Trinajstić information content (AvgIpc) is 2.57. The summed E-state index contributed by atoms with van der Waals surface area (Å²) in [5, 5.41) is 9.69. The molecule has 3 nitrogen and oxygen atoms in total. The maximum Gasteiger partial charge on any atom is 0.0949 e. The molecule has 1 aliphatic rings. The van der Waals surface area contributed by atoms with E-state index in [1.165, 1.54) is 6.42 Å². The van der Waals surface area contributed by atoms with E-state index >= 15 is 0 Å². The van der Waals surface area contributed by atoms with Crippen molar-refractivity contribution in [2.75, 3.05) is 0 Å². The molecule has 3 heteroatoms. The monoisotopic (exact) mass is 166 g/mol. The highest BCUT2D eigenvalue weighted by Crippen LogP contribution is 2.27. The largest absolute Gasteiger partial charge is 0.391 e. The summed E-state index contributed by atoms with van der Waals surface area (Å²) >= 11 is 0. The molecule has 1 aliphatic carbocycles. The van der Waals surface area contributed by atoms with Crippen LogP contribution < -0.4 is 0 Å². The van der Waals surface area contributed by atoms with Gasteiger partial charge in [-0.3, -0.25) is 0 Å². The Balaban J connectivity index is 2.11. The highest BCUT2D eigenvalue weighted by Gasteiger charge is 2.23. The second-order valence-electron chi connectivity index (χ2n) is 3.43. The van der Waals surface area contributed by atoms with E-state index in [-0.39, 0.29) is 12.1 Å². The van der Waals surface area contributed by atoms with Crippen LogP contribution in [-0.2, 0) is 0 Å². The molecule has 12 heavy (non-hydrogen) atoms. The quantitative estimate of drug-likeness (QED) is 0.684. The molecule has 1 aromatic rings. The van der Waals surface area contributed by atoms with Crippen molar-refractivity contribution in [2.24, 2.45) is 0 Å². The molecular formula is C9H14N2O. The molecule has 1 fully saturated rings. The van der Waals surface area contributed by atoms with E-state index in [0.717, 1.165) is 19.3 Å². The van der Waals surface area contributed by atoms with Gasteiger partial charge in [-0.15, -0.1) is 0 Å². The summed E-state index contributed by atoms with van der Waals surface area (Å²) in [6, 6.07) is 0.265. The highest BCUT2D eigenvalue weighted by atomic mass is 16.3. The summed E-state index contributed by atoms with van der Waals surface area (Å²) in [5.74, 6) is 0. The normalized spacial score (nSPS) is 30.4. The van der Waals surface area contributed by atoms with Gasteiger partial charge in [0.15, 0.2) is 0 Å². The summed E-state index contributed by atoms with van der Waals surface area (Å²) in [7, 11) is 0. The Hall–Kier alpha value is -0.830. The summed E-state index contributed by atoms with van der Waals surface area (Å²) in [6.07, 6.45) is 9.71. The van der Waals surface area contributed by atoms with Crippen LogP contribution >= 0.6 is 0 Å². The molecule has 1 aromatic heterocycles. The van der Waals surface area contributed by atoms with Crippen molar-refractivity contribution in [1.29, 1.82) is 0 Å². The molecule has 0 aromatic carbocycles. The number of aromatic nitrogens is 2. The fraction of sp³-hybridized carbons (Fsp3) is 0.667. The maximum atomic E-state index is 9.69. The van der Waals surface area contributed by atoms with Gasteiger partial charge < -0.3 is 9.67 Å². The molecule has 1 saturated carbocycles. The first-order chi connectivity index (χ1) is 5.88. The fourth-order valence-electron chi connectivity index (χ4n) is 1.91. The van der Waals surface area contributed by atoms with Crippen molar-refractivity contribution in [3.63, 3.8) is 0 Å². The van der Waals surface area contributed by atoms with Gasteiger partial charge in [0.25, 0.3) is 0 Å². The molecule has 0 spiro atoms. The predicted octanol–water partition coefficient (Wildman–Crippen LogP) is 1.36. The molecule has 1 N–H and O–H groups in total. The van der Waals surface area contributed by atoms with Gasteiger partial charge in [-0.25, -0.2) is 4.98 Å². The van der Waals surface area contributed by atoms with Crippen molar-refractivity contribution < 1.29 is 5.11 Å². The number of imidazole rings is 1. The first-order valence-corrected chi connectivity index (χ1v) is 4.53. The van der Waals surface area contributed by atoms with Crippen LogP contribution in [0.15, 0.2) is 18.7 Å². The SMILES string of the molecule is O[C@@H]1CCCC[C@@H]1n1ccnc1. The Bertz CT molecular complexity index is 233. The highest BCUT2D eigenvalue weighted by molar-refractivity contribution is 4.86. The average molecular weight is 166 g/mol. The van der Waals surface area contributed by atoms with Crippen LogP contribution in [0.3, 0.4) is 0 Å². The minimum absolute atomic E-state index is 0.173. The van der Waals surface area contributed by atoms with Crippen molar-refractivity contribution in [3.8, 4) is 0 Å². The Kier molecular flexibility index (Phi) is 2.13. The minimum atomic E-state index is -0.173. The Morgan fingerprint density at radius 1 is 1.33 bits per heavy atom. The van der Waals surface area contributed by atoms with E-state index in [1.54, 1.807) is 12.5 Å². The third-order valence-electron chi connectivity index (χ3n) is 2.60. The van der Waals surface area contributed by atoms with Crippen LogP contribution in [0.25, 0.3) is 0 Å². The first-order valence-electron chi connectivity index (χ1n) is 4.53. The van der Waals surface area contributed by atoms with Gasteiger partial charge in [-0.1, -0.05) is 12.8 Å². The summed E-state index contributed by atoms with van der Waals surface area (Å²) in [5.41, 5.74) is 0. The van der Waals surface area contributed by atoms with E-state index in [2.05, 4.69) is 4.98 Å². The number of hydrogen-bond acceptors (Lipinski definition) is 2. The zero-order chi connectivity index (χ0) is 8.39. The fourth-order valence-corrected chi connectivity index (χ4v) is 1.91. The van der Waals surface area contributed by atoms with Crippen LogP contribution in [-0.4, -0.2) is 20.8 Å². The number of rotatable bonds is 1. The summed E-state index contributed by atoms with van der Waals surface area (Å²) in [6.45, 7) is 0. The van der Waals surface area contributed by atoms with E-state index in [1.807, 2.05) is 10.8 Å². The van der Waals surface area contributed by atoms with Gasteiger partial charge in [-0.05, 0) is 12.8 Å². The zero-order valence-electron chi connectivity index (χ0n) is 7.06. The molecule has 1 heterocycles.